The summed E-state index contributed by atoms with van der Waals surface area (Å²) in [7, 11) is 0. The van der Waals surface area contributed by atoms with Gasteiger partial charge in [0.1, 0.15) is 5.56 Å². The summed E-state index contributed by atoms with van der Waals surface area (Å²) in [5, 5.41) is 18.2. The first-order valence-corrected chi connectivity index (χ1v) is 5.47. The zero-order chi connectivity index (χ0) is 13.2. The minimum absolute atomic E-state index is 0.193. The zero-order valence-corrected chi connectivity index (χ0v) is 10.2. The van der Waals surface area contributed by atoms with E-state index in [1.54, 1.807) is 26.8 Å². The van der Waals surface area contributed by atoms with Crippen LogP contribution >= 0.6 is 0 Å². The van der Waals surface area contributed by atoms with Crippen molar-refractivity contribution < 1.29 is 15.0 Å². The third-order valence-corrected chi connectivity index (χ3v) is 2.69. The minimum atomic E-state index is -1.21. The lowest BCUT2D eigenvalue weighted by Gasteiger charge is -2.13. The fraction of sp³-hybridized carbons (Fsp3) is 0.500. The summed E-state index contributed by atoms with van der Waals surface area (Å²) < 4.78 is 1.39. The molecular weight excluding hydrogens is 222 g/mol. The third-order valence-electron chi connectivity index (χ3n) is 2.69. The van der Waals surface area contributed by atoms with Crippen LogP contribution in [0, 0.1) is 13.8 Å². The van der Waals surface area contributed by atoms with E-state index in [1.165, 1.54) is 4.57 Å². The van der Waals surface area contributed by atoms with Gasteiger partial charge in [0.15, 0.2) is 0 Å². The highest BCUT2D eigenvalue weighted by Crippen LogP contribution is 2.07. The summed E-state index contributed by atoms with van der Waals surface area (Å²) in [5.74, 6) is -1.21. The molecule has 1 aromatic heterocycles. The number of carbonyl (C=O) groups is 1. The predicted molar refractivity (Wildman–Crippen MR) is 63.4 cm³/mol. The van der Waals surface area contributed by atoms with Crippen molar-refractivity contribution >= 4 is 5.97 Å². The van der Waals surface area contributed by atoms with E-state index in [0.29, 0.717) is 24.2 Å². The fourth-order valence-corrected chi connectivity index (χ4v) is 1.78. The third kappa shape index (κ3) is 2.94. The smallest absolute Gasteiger partial charge is 0.341 e. The van der Waals surface area contributed by atoms with Gasteiger partial charge >= 0.3 is 5.97 Å². The summed E-state index contributed by atoms with van der Waals surface area (Å²) in [6.45, 7) is 5.31. The van der Waals surface area contributed by atoms with Gasteiger partial charge in [-0.05, 0) is 38.8 Å². The maximum absolute atomic E-state index is 12.0. The van der Waals surface area contributed by atoms with Crippen molar-refractivity contribution in [2.24, 2.45) is 0 Å². The molecule has 1 atom stereocenters. The molecule has 0 saturated heterocycles. The van der Waals surface area contributed by atoms with Crippen molar-refractivity contribution in [3.8, 4) is 0 Å². The average molecular weight is 239 g/mol. The first-order chi connectivity index (χ1) is 7.84. The van der Waals surface area contributed by atoms with Crippen LogP contribution in [0.4, 0.5) is 0 Å². The molecule has 94 valence electrons. The average Bonchev–Trinajstić information content (AvgIpc) is 2.14. The molecule has 0 aromatic carbocycles. The Morgan fingerprint density at radius 2 is 2.06 bits per heavy atom. The monoisotopic (exact) mass is 239 g/mol. The highest BCUT2D eigenvalue weighted by molar-refractivity contribution is 5.88. The second-order valence-electron chi connectivity index (χ2n) is 4.24. The van der Waals surface area contributed by atoms with Gasteiger partial charge in [0, 0.05) is 12.2 Å². The van der Waals surface area contributed by atoms with Gasteiger partial charge in [-0.3, -0.25) is 4.79 Å². The molecule has 1 heterocycles. The Kier molecular flexibility index (Phi) is 4.07. The maximum Gasteiger partial charge on any atom is 0.341 e. The normalized spacial score (nSPS) is 12.5. The summed E-state index contributed by atoms with van der Waals surface area (Å²) >= 11 is 0. The molecule has 1 aromatic rings. The van der Waals surface area contributed by atoms with Crippen molar-refractivity contribution in [1.29, 1.82) is 0 Å². The van der Waals surface area contributed by atoms with Crippen molar-refractivity contribution in [3.05, 3.63) is 33.2 Å². The Bertz CT molecular complexity index is 488. The molecule has 0 aliphatic carbocycles. The maximum atomic E-state index is 12.0. The Hall–Kier alpha value is -1.62. The van der Waals surface area contributed by atoms with E-state index in [1.807, 2.05) is 0 Å². The van der Waals surface area contributed by atoms with Gasteiger partial charge < -0.3 is 14.8 Å². The Labute approximate surface area is 99.3 Å². The highest BCUT2D eigenvalue weighted by atomic mass is 16.4. The summed E-state index contributed by atoms with van der Waals surface area (Å²) in [4.78, 5) is 22.9. The Morgan fingerprint density at radius 1 is 1.47 bits per heavy atom. The Balaban J connectivity index is 3.26. The topological polar surface area (TPSA) is 79.5 Å². The molecule has 0 amide bonds. The van der Waals surface area contributed by atoms with Gasteiger partial charge in [-0.15, -0.1) is 0 Å². The van der Waals surface area contributed by atoms with Crippen LogP contribution in [-0.4, -0.2) is 26.9 Å². The van der Waals surface area contributed by atoms with E-state index in [9.17, 15) is 14.7 Å². The SMILES string of the molecule is Cc1cc(C)n(CCC(C)O)c(=O)c1C(=O)O. The molecule has 5 nitrogen and oxygen atoms in total. The van der Waals surface area contributed by atoms with Crippen LogP contribution in [0.5, 0.6) is 0 Å². The van der Waals surface area contributed by atoms with Crippen LogP contribution in [0.3, 0.4) is 0 Å². The lowest BCUT2D eigenvalue weighted by molar-refractivity contribution is 0.0693. The van der Waals surface area contributed by atoms with Gasteiger partial charge in [-0.1, -0.05) is 0 Å². The van der Waals surface area contributed by atoms with Crippen molar-refractivity contribution in [2.45, 2.75) is 39.8 Å². The molecule has 17 heavy (non-hydrogen) atoms. The van der Waals surface area contributed by atoms with E-state index in [0.717, 1.165) is 0 Å². The fourth-order valence-electron chi connectivity index (χ4n) is 1.78. The van der Waals surface area contributed by atoms with Crippen LogP contribution in [0.1, 0.15) is 35.0 Å². The van der Waals surface area contributed by atoms with Crippen LogP contribution in [0.2, 0.25) is 0 Å². The molecule has 1 rings (SSSR count). The van der Waals surface area contributed by atoms with Gasteiger partial charge in [0.05, 0.1) is 6.10 Å². The number of aliphatic hydroxyl groups excluding tert-OH is 1. The van der Waals surface area contributed by atoms with Gasteiger partial charge in [0.25, 0.3) is 5.56 Å². The van der Waals surface area contributed by atoms with Gasteiger partial charge in [-0.2, -0.15) is 0 Å². The first kappa shape index (κ1) is 13.4. The Morgan fingerprint density at radius 3 is 2.53 bits per heavy atom. The molecule has 2 N–H and O–H groups in total. The van der Waals surface area contributed by atoms with E-state index in [2.05, 4.69) is 0 Å². The second-order valence-corrected chi connectivity index (χ2v) is 4.24. The van der Waals surface area contributed by atoms with E-state index >= 15 is 0 Å². The highest BCUT2D eigenvalue weighted by Gasteiger charge is 2.16. The lowest BCUT2D eigenvalue weighted by Crippen LogP contribution is -2.30. The number of rotatable bonds is 4. The molecule has 0 fully saturated rings. The van der Waals surface area contributed by atoms with Crippen molar-refractivity contribution in [1.82, 2.24) is 4.57 Å². The second kappa shape index (κ2) is 5.14. The number of pyridine rings is 1. The van der Waals surface area contributed by atoms with Gasteiger partial charge in [0.2, 0.25) is 0 Å². The van der Waals surface area contributed by atoms with Crippen LogP contribution < -0.4 is 5.56 Å². The quantitative estimate of drug-likeness (QED) is 0.819. The minimum Gasteiger partial charge on any atom is -0.477 e. The molecular formula is C12H17NO4. The molecule has 1 unspecified atom stereocenters. The van der Waals surface area contributed by atoms with Crippen LogP contribution in [0.25, 0.3) is 0 Å². The molecule has 0 bridgehead atoms. The van der Waals surface area contributed by atoms with Crippen LogP contribution in [0.15, 0.2) is 10.9 Å². The van der Waals surface area contributed by atoms with Crippen molar-refractivity contribution in [3.63, 3.8) is 0 Å². The number of nitrogens with zero attached hydrogens (tertiary/aromatic N) is 1. The molecule has 0 aliphatic heterocycles. The summed E-state index contributed by atoms with van der Waals surface area (Å²) in [6.07, 6.45) is -0.0982. The molecule has 0 aliphatic rings. The lowest BCUT2D eigenvalue weighted by atomic mass is 10.1. The molecule has 0 radical (unpaired) electrons. The number of aryl methyl sites for hydroxylation is 2. The molecule has 5 heteroatoms. The predicted octanol–water partition coefficient (Wildman–Crippen LogP) is 0.934. The molecule has 0 spiro atoms. The number of aromatic carboxylic acids is 1. The van der Waals surface area contributed by atoms with E-state index < -0.39 is 17.6 Å². The van der Waals surface area contributed by atoms with E-state index in [4.69, 9.17) is 5.11 Å². The van der Waals surface area contributed by atoms with E-state index in [-0.39, 0.29) is 5.56 Å². The number of aliphatic hydroxyl groups is 1. The number of hydrogen-bond donors (Lipinski definition) is 2. The first-order valence-electron chi connectivity index (χ1n) is 5.47. The van der Waals surface area contributed by atoms with Gasteiger partial charge in [-0.25, -0.2) is 4.79 Å². The number of aromatic nitrogens is 1. The summed E-state index contributed by atoms with van der Waals surface area (Å²) in [5.41, 5.74) is 0.475. The number of carboxylic acids is 1. The van der Waals surface area contributed by atoms with Crippen LogP contribution in [-0.2, 0) is 6.54 Å². The standard InChI is InChI=1S/C12H17NO4/c1-7-6-8(2)13(5-4-9(3)14)11(15)10(7)12(16)17/h6,9,14H,4-5H2,1-3H3,(H,16,17). The number of hydrogen-bond acceptors (Lipinski definition) is 3. The molecule has 0 saturated carbocycles. The zero-order valence-electron chi connectivity index (χ0n) is 10.2. The summed E-state index contributed by atoms with van der Waals surface area (Å²) in [6, 6.07) is 1.67. The van der Waals surface area contributed by atoms with Crippen molar-refractivity contribution in [2.75, 3.05) is 0 Å². The number of carboxylic acid groups (broad SMARTS) is 1. The largest absolute Gasteiger partial charge is 0.477 e.